The first-order valence-electron chi connectivity index (χ1n) is 11.2. The molecule has 0 bridgehead atoms. The zero-order valence-electron chi connectivity index (χ0n) is 20.0. The van der Waals surface area contributed by atoms with Crippen molar-refractivity contribution in [2.75, 3.05) is 13.2 Å². The second-order valence-electron chi connectivity index (χ2n) is 8.13. The van der Waals surface area contributed by atoms with Gasteiger partial charge in [0.25, 0.3) is 5.56 Å². The van der Waals surface area contributed by atoms with Crippen LogP contribution in [-0.4, -0.2) is 23.8 Å². The Bertz CT molecular complexity index is 1530. The molecule has 0 fully saturated rings. The number of fused-ring (bicyclic) bond motifs is 1. The van der Waals surface area contributed by atoms with Gasteiger partial charge in [-0.2, -0.15) is 0 Å². The standard InChI is InChI=1S/C27H24Br2N2O4S/c1-5-11-35-24-19(28)12-17(13-20(24)29)14-21-25(32)31-23(18-9-7-15(3)8-10-18)22(26(33)34-6-2)16(4)30-27(31)36-21/h5,7-10,12-14,23H,1,6,11H2,2-4H3/b21-14-/t23-/m1/s1. The lowest BCUT2D eigenvalue weighted by Crippen LogP contribution is -2.39. The molecule has 1 aliphatic heterocycles. The Balaban J connectivity index is 1.89. The molecule has 0 unspecified atom stereocenters. The largest absolute Gasteiger partial charge is 0.487 e. The zero-order valence-corrected chi connectivity index (χ0v) is 24.0. The number of benzene rings is 2. The summed E-state index contributed by atoms with van der Waals surface area (Å²) >= 11 is 8.37. The van der Waals surface area contributed by atoms with Crippen LogP contribution in [0.4, 0.5) is 0 Å². The third-order valence-corrected chi connectivity index (χ3v) is 7.74. The number of carbonyl (C=O) groups is 1. The summed E-state index contributed by atoms with van der Waals surface area (Å²) in [6.45, 7) is 9.81. The Morgan fingerprint density at radius 2 is 1.86 bits per heavy atom. The molecule has 3 aromatic rings. The van der Waals surface area contributed by atoms with E-state index in [0.717, 1.165) is 25.6 Å². The van der Waals surface area contributed by atoms with Gasteiger partial charge in [0, 0.05) is 0 Å². The van der Waals surface area contributed by atoms with Crippen LogP contribution in [0.25, 0.3) is 6.08 Å². The van der Waals surface area contributed by atoms with Gasteiger partial charge in [0.1, 0.15) is 12.4 Å². The van der Waals surface area contributed by atoms with E-state index >= 15 is 0 Å². The topological polar surface area (TPSA) is 69.9 Å². The highest BCUT2D eigenvalue weighted by Crippen LogP contribution is 2.35. The molecule has 1 atom stereocenters. The van der Waals surface area contributed by atoms with Crippen molar-refractivity contribution in [3.63, 3.8) is 0 Å². The smallest absolute Gasteiger partial charge is 0.338 e. The fourth-order valence-corrected chi connectivity index (χ4v) is 6.45. The minimum Gasteiger partial charge on any atom is -0.487 e. The summed E-state index contributed by atoms with van der Waals surface area (Å²) in [5, 5.41) is 0. The molecule has 0 amide bonds. The molecule has 0 radical (unpaired) electrons. The lowest BCUT2D eigenvalue weighted by molar-refractivity contribution is -0.139. The second-order valence-corrected chi connectivity index (χ2v) is 10.8. The first kappa shape index (κ1) is 26.3. The number of thiazole rings is 1. The van der Waals surface area contributed by atoms with E-state index in [2.05, 4.69) is 43.4 Å². The van der Waals surface area contributed by atoms with Crippen molar-refractivity contribution in [1.29, 1.82) is 0 Å². The fourth-order valence-electron chi connectivity index (χ4n) is 3.95. The highest BCUT2D eigenvalue weighted by atomic mass is 79.9. The number of aryl methyl sites for hydroxylation is 1. The maximum absolute atomic E-state index is 13.7. The molecular formula is C27H24Br2N2O4S. The molecule has 0 spiro atoms. The maximum atomic E-state index is 13.7. The normalized spacial score (nSPS) is 15.4. The van der Waals surface area contributed by atoms with Gasteiger partial charge < -0.3 is 9.47 Å². The van der Waals surface area contributed by atoms with E-state index in [0.29, 0.717) is 33.0 Å². The van der Waals surface area contributed by atoms with Crippen LogP contribution in [0.15, 0.2) is 79.1 Å². The van der Waals surface area contributed by atoms with Crippen molar-refractivity contribution in [2.24, 2.45) is 4.99 Å². The van der Waals surface area contributed by atoms with Crippen LogP contribution >= 0.6 is 43.2 Å². The van der Waals surface area contributed by atoms with E-state index < -0.39 is 12.0 Å². The minimum absolute atomic E-state index is 0.224. The zero-order chi connectivity index (χ0) is 26.0. The van der Waals surface area contributed by atoms with Crippen molar-refractivity contribution >= 4 is 55.2 Å². The Kier molecular flexibility index (Phi) is 8.12. The van der Waals surface area contributed by atoms with Crippen LogP contribution in [0.2, 0.25) is 0 Å². The summed E-state index contributed by atoms with van der Waals surface area (Å²) in [6, 6.07) is 10.9. The van der Waals surface area contributed by atoms with Crippen LogP contribution < -0.4 is 19.6 Å². The number of carbonyl (C=O) groups excluding carboxylic acids is 1. The summed E-state index contributed by atoms with van der Waals surface area (Å²) in [5.74, 6) is 0.184. The molecular weight excluding hydrogens is 608 g/mol. The number of allylic oxidation sites excluding steroid dienone is 1. The SMILES string of the molecule is C=CCOc1c(Br)cc(/C=c2\sc3n(c2=O)[C@H](c2ccc(C)cc2)C(C(=O)OCC)=C(C)N=3)cc1Br. The van der Waals surface area contributed by atoms with Crippen LogP contribution in [-0.2, 0) is 9.53 Å². The molecule has 0 saturated carbocycles. The molecule has 2 aromatic carbocycles. The van der Waals surface area contributed by atoms with E-state index in [-0.39, 0.29) is 12.2 Å². The number of ether oxygens (including phenoxy) is 2. The van der Waals surface area contributed by atoms with Crippen molar-refractivity contribution in [2.45, 2.75) is 26.8 Å². The van der Waals surface area contributed by atoms with Crippen molar-refractivity contribution < 1.29 is 14.3 Å². The van der Waals surface area contributed by atoms with Crippen LogP contribution in [0.5, 0.6) is 5.75 Å². The fraction of sp³-hybridized carbons (Fsp3) is 0.222. The summed E-state index contributed by atoms with van der Waals surface area (Å²) in [4.78, 5) is 31.9. The minimum atomic E-state index is -0.629. The molecule has 0 N–H and O–H groups in total. The molecule has 36 heavy (non-hydrogen) atoms. The Hall–Kier alpha value is -2.75. The third kappa shape index (κ3) is 5.19. The predicted octanol–water partition coefficient (Wildman–Crippen LogP) is 5.20. The lowest BCUT2D eigenvalue weighted by Gasteiger charge is -2.24. The van der Waals surface area contributed by atoms with Gasteiger partial charge in [0.2, 0.25) is 0 Å². The average Bonchev–Trinajstić information content (AvgIpc) is 3.12. The average molecular weight is 632 g/mol. The molecule has 0 aliphatic carbocycles. The van der Waals surface area contributed by atoms with Gasteiger partial charge in [-0.3, -0.25) is 9.36 Å². The Labute approximate surface area is 229 Å². The molecule has 2 heterocycles. The summed E-state index contributed by atoms with van der Waals surface area (Å²) in [6.07, 6.45) is 3.48. The Morgan fingerprint density at radius 3 is 2.47 bits per heavy atom. The van der Waals surface area contributed by atoms with Gasteiger partial charge in [0.15, 0.2) is 4.80 Å². The Morgan fingerprint density at radius 1 is 1.19 bits per heavy atom. The van der Waals surface area contributed by atoms with E-state index in [1.807, 2.05) is 49.4 Å². The van der Waals surface area contributed by atoms with Crippen molar-refractivity contribution in [1.82, 2.24) is 4.57 Å². The van der Waals surface area contributed by atoms with Gasteiger partial charge >= 0.3 is 5.97 Å². The predicted molar refractivity (Wildman–Crippen MR) is 149 cm³/mol. The molecule has 9 heteroatoms. The number of esters is 1. The number of nitrogens with zero attached hydrogens (tertiary/aromatic N) is 2. The van der Waals surface area contributed by atoms with Crippen molar-refractivity contribution in [3.05, 3.63) is 106 Å². The van der Waals surface area contributed by atoms with E-state index in [9.17, 15) is 9.59 Å². The molecule has 4 rings (SSSR count). The highest BCUT2D eigenvalue weighted by molar-refractivity contribution is 9.11. The van der Waals surface area contributed by atoms with Crippen LogP contribution in [0.1, 0.15) is 36.6 Å². The van der Waals surface area contributed by atoms with Crippen LogP contribution in [0.3, 0.4) is 0 Å². The van der Waals surface area contributed by atoms with Gasteiger partial charge in [-0.15, -0.1) is 0 Å². The monoisotopic (exact) mass is 630 g/mol. The number of hydrogen-bond donors (Lipinski definition) is 0. The second kappa shape index (κ2) is 11.1. The highest BCUT2D eigenvalue weighted by Gasteiger charge is 2.33. The summed E-state index contributed by atoms with van der Waals surface area (Å²) in [7, 11) is 0. The number of rotatable bonds is 7. The molecule has 1 aromatic heterocycles. The first-order chi connectivity index (χ1) is 17.2. The summed E-state index contributed by atoms with van der Waals surface area (Å²) < 4.78 is 14.6. The van der Waals surface area contributed by atoms with E-state index in [1.165, 1.54) is 11.3 Å². The first-order valence-corrected chi connectivity index (χ1v) is 13.6. The van der Waals surface area contributed by atoms with Gasteiger partial charge in [-0.25, -0.2) is 9.79 Å². The van der Waals surface area contributed by atoms with E-state index in [4.69, 9.17) is 9.47 Å². The quantitative estimate of drug-likeness (QED) is 0.266. The molecule has 6 nitrogen and oxygen atoms in total. The van der Waals surface area contributed by atoms with Crippen LogP contribution in [0, 0.1) is 6.92 Å². The van der Waals surface area contributed by atoms with Gasteiger partial charge in [-0.05, 0) is 82.0 Å². The maximum Gasteiger partial charge on any atom is 0.338 e. The third-order valence-electron chi connectivity index (χ3n) is 5.57. The molecule has 186 valence electrons. The molecule has 0 saturated heterocycles. The van der Waals surface area contributed by atoms with Crippen molar-refractivity contribution in [3.8, 4) is 5.75 Å². The number of halogens is 2. The number of aromatic nitrogens is 1. The van der Waals surface area contributed by atoms with Gasteiger partial charge in [0.05, 0.1) is 37.4 Å². The summed E-state index contributed by atoms with van der Waals surface area (Å²) in [5.41, 5.74) is 3.40. The van der Waals surface area contributed by atoms with E-state index in [1.54, 1.807) is 24.5 Å². The number of hydrogen-bond acceptors (Lipinski definition) is 6. The lowest BCUT2D eigenvalue weighted by atomic mass is 9.95. The van der Waals surface area contributed by atoms with Gasteiger partial charge in [-0.1, -0.05) is 53.8 Å². The molecule has 1 aliphatic rings.